The lowest BCUT2D eigenvalue weighted by atomic mass is 9.82. The fourth-order valence-corrected chi connectivity index (χ4v) is 3.31. The van der Waals surface area contributed by atoms with Gasteiger partial charge in [-0.2, -0.15) is 0 Å². The quantitative estimate of drug-likeness (QED) is 0.856. The van der Waals surface area contributed by atoms with Crippen molar-refractivity contribution in [2.75, 3.05) is 20.8 Å². The van der Waals surface area contributed by atoms with Crippen molar-refractivity contribution >= 4 is 0 Å². The smallest absolute Gasteiger partial charge is 0.122 e. The number of hydrogen-bond acceptors (Lipinski definition) is 3. The molecule has 1 aliphatic rings. The highest BCUT2D eigenvalue weighted by atomic mass is 16.5. The summed E-state index contributed by atoms with van der Waals surface area (Å²) in [5.74, 6) is 3.10. The summed E-state index contributed by atoms with van der Waals surface area (Å²) in [4.78, 5) is 0. The molecule has 106 valence electrons. The first-order valence-electron chi connectivity index (χ1n) is 7.22. The Morgan fingerprint density at radius 1 is 1.21 bits per heavy atom. The normalized spacial score (nSPS) is 17.4. The summed E-state index contributed by atoms with van der Waals surface area (Å²) in [5, 5.41) is 0. The van der Waals surface area contributed by atoms with Gasteiger partial charge in [-0.25, -0.2) is 0 Å². The molecule has 2 N–H and O–H groups in total. The summed E-state index contributed by atoms with van der Waals surface area (Å²) in [7, 11) is 3.44. The number of hydrogen-bond donors (Lipinski definition) is 1. The van der Waals surface area contributed by atoms with Crippen LogP contribution in [0.25, 0.3) is 0 Å². The fourth-order valence-electron chi connectivity index (χ4n) is 3.31. The SMILES string of the molecule is COc1ccc(OC)c(C(CCN)C2CCCC2)c1. The monoisotopic (exact) mass is 263 g/mol. The van der Waals surface area contributed by atoms with E-state index in [1.54, 1.807) is 14.2 Å². The molecular formula is C16H25NO2. The molecule has 0 aliphatic heterocycles. The molecule has 0 amide bonds. The third-order valence-corrected chi connectivity index (χ3v) is 4.28. The number of methoxy groups -OCH3 is 2. The van der Waals surface area contributed by atoms with E-state index in [4.69, 9.17) is 15.2 Å². The zero-order valence-electron chi connectivity index (χ0n) is 12.0. The number of rotatable bonds is 6. The minimum Gasteiger partial charge on any atom is -0.497 e. The average molecular weight is 263 g/mol. The van der Waals surface area contributed by atoms with Crippen molar-refractivity contribution in [3.8, 4) is 11.5 Å². The second kappa shape index (κ2) is 6.80. The van der Waals surface area contributed by atoms with Crippen LogP contribution in [0.4, 0.5) is 0 Å². The van der Waals surface area contributed by atoms with Gasteiger partial charge in [-0.05, 0) is 55.8 Å². The molecule has 1 aliphatic carbocycles. The Morgan fingerprint density at radius 2 is 1.95 bits per heavy atom. The third kappa shape index (κ3) is 3.21. The lowest BCUT2D eigenvalue weighted by Crippen LogP contribution is -2.15. The molecule has 1 unspecified atom stereocenters. The van der Waals surface area contributed by atoms with Gasteiger partial charge in [0, 0.05) is 5.56 Å². The maximum absolute atomic E-state index is 5.82. The fraction of sp³-hybridized carbons (Fsp3) is 0.625. The van der Waals surface area contributed by atoms with Crippen molar-refractivity contribution < 1.29 is 9.47 Å². The summed E-state index contributed by atoms with van der Waals surface area (Å²) in [6.45, 7) is 0.724. The number of nitrogens with two attached hydrogens (primary N) is 1. The molecule has 2 rings (SSSR count). The summed E-state index contributed by atoms with van der Waals surface area (Å²) in [6.07, 6.45) is 6.33. The van der Waals surface area contributed by atoms with Gasteiger partial charge in [0.2, 0.25) is 0 Å². The molecule has 0 bridgehead atoms. The van der Waals surface area contributed by atoms with Crippen LogP contribution in [0.15, 0.2) is 18.2 Å². The van der Waals surface area contributed by atoms with Crippen molar-refractivity contribution in [3.05, 3.63) is 23.8 Å². The van der Waals surface area contributed by atoms with E-state index in [-0.39, 0.29) is 0 Å². The minimum atomic E-state index is 0.498. The molecule has 3 nitrogen and oxygen atoms in total. The van der Waals surface area contributed by atoms with E-state index in [9.17, 15) is 0 Å². The largest absolute Gasteiger partial charge is 0.497 e. The van der Waals surface area contributed by atoms with Crippen LogP contribution >= 0.6 is 0 Å². The molecule has 19 heavy (non-hydrogen) atoms. The second-order valence-electron chi connectivity index (χ2n) is 5.34. The lowest BCUT2D eigenvalue weighted by molar-refractivity contribution is 0.368. The number of benzene rings is 1. The molecule has 1 aromatic rings. The van der Waals surface area contributed by atoms with E-state index in [0.717, 1.165) is 30.4 Å². The highest BCUT2D eigenvalue weighted by molar-refractivity contribution is 5.43. The van der Waals surface area contributed by atoms with Gasteiger partial charge in [0.1, 0.15) is 11.5 Å². The summed E-state index contributed by atoms with van der Waals surface area (Å²) < 4.78 is 10.9. The Bertz CT molecular complexity index is 400. The van der Waals surface area contributed by atoms with E-state index in [0.29, 0.717) is 5.92 Å². The van der Waals surface area contributed by atoms with Gasteiger partial charge in [0.15, 0.2) is 0 Å². The molecule has 3 heteroatoms. The topological polar surface area (TPSA) is 44.5 Å². The Balaban J connectivity index is 2.32. The summed E-state index contributed by atoms with van der Waals surface area (Å²) in [6, 6.07) is 6.08. The van der Waals surface area contributed by atoms with E-state index in [1.165, 1.54) is 31.2 Å². The molecule has 0 radical (unpaired) electrons. The lowest BCUT2D eigenvalue weighted by Gasteiger charge is -2.25. The molecular weight excluding hydrogens is 238 g/mol. The minimum absolute atomic E-state index is 0.498. The maximum atomic E-state index is 5.82. The van der Waals surface area contributed by atoms with Crippen molar-refractivity contribution in [1.82, 2.24) is 0 Å². The molecule has 0 saturated heterocycles. The predicted octanol–water partition coefficient (Wildman–Crippen LogP) is 3.33. The van der Waals surface area contributed by atoms with Crippen LogP contribution in [-0.4, -0.2) is 20.8 Å². The van der Waals surface area contributed by atoms with E-state index < -0.39 is 0 Å². The standard InChI is InChI=1S/C16H25NO2/c1-18-13-7-8-16(19-2)15(11-13)14(9-10-17)12-5-3-4-6-12/h7-8,11-12,14H,3-6,9-10,17H2,1-2H3. The Labute approximate surface area is 116 Å². The van der Waals surface area contributed by atoms with Crippen molar-refractivity contribution in [2.45, 2.75) is 38.0 Å². The van der Waals surface area contributed by atoms with E-state index in [1.807, 2.05) is 12.1 Å². The summed E-state index contributed by atoms with van der Waals surface area (Å²) >= 11 is 0. The number of ether oxygens (including phenoxy) is 2. The first-order chi connectivity index (χ1) is 9.30. The van der Waals surface area contributed by atoms with Gasteiger partial charge < -0.3 is 15.2 Å². The third-order valence-electron chi connectivity index (χ3n) is 4.28. The molecule has 1 aromatic carbocycles. The molecule has 0 spiro atoms. The predicted molar refractivity (Wildman–Crippen MR) is 77.9 cm³/mol. The molecule has 1 fully saturated rings. The van der Waals surface area contributed by atoms with Crippen LogP contribution in [0.3, 0.4) is 0 Å². The van der Waals surface area contributed by atoms with Crippen LogP contribution in [0.1, 0.15) is 43.6 Å². The first-order valence-corrected chi connectivity index (χ1v) is 7.22. The highest BCUT2D eigenvalue weighted by Gasteiger charge is 2.28. The molecule has 0 heterocycles. The van der Waals surface area contributed by atoms with Gasteiger partial charge in [-0.15, -0.1) is 0 Å². The van der Waals surface area contributed by atoms with E-state index >= 15 is 0 Å². The van der Waals surface area contributed by atoms with Crippen molar-refractivity contribution in [2.24, 2.45) is 11.7 Å². The Kier molecular flexibility index (Phi) is 5.08. The van der Waals surface area contributed by atoms with Gasteiger partial charge in [0.05, 0.1) is 14.2 Å². The van der Waals surface area contributed by atoms with Crippen LogP contribution in [0.5, 0.6) is 11.5 Å². The van der Waals surface area contributed by atoms with Crippen LogP contribution in [0.2, 0.25) is 0 Å². The van der Waals surface area contributed by atoms with Crippen LogP contribution < -0.4 is 15.2 Å². The van der Waals surface area contributed by atoms with Crippen LogP contribution in [0, 0.1) is 5.92 Å². The zero-order valence-corrected chi connectivity index (χ0v) is 12.0. The molecule has 1 atom stereocenters. The molecule has 0 aromatic heterocycles. The Hall–Kier alpha value is -1.22. The van der Waals surface area contributed by atoms with Crippen LogP contribution in [-0.2, 0) is 0 Å². The van der Waals surface area contributed by atoms with Gasteiger partial charge in [-0.3, -0.25) is 0 Å². The van der Waals surface area contributed by atoms with Crippen molar-refractivity contribution in [3.63, 3.8) is 0 Å². The maximum Gasteiger partial charge on any atom is 0.122 e. The first kappa shape index (κ1) is 14.2. The zero-order chi connectivity index (χ0) is 13.7. The second-order valence-corrected chi connectivity index (χ2v) is 5.34. The highest BCUT2D eigenvalue weighted by Crippen LogP contribution is 2.43. The van der Waals surface area contributed by atoms with Gasteiger partial charge >= 0.3 is 0 Å². The molecule has 1 saturated carbocycles. The van der Waals surface area contributed by atoms with Gasteiger partial charge in [-0.1, -0.05) is 12.8 Å². The van der Waals surface area contributed by atoms with Crippen molar-refractivity contribution in [1.29, 1.82) is 0 Å². The van der Waals surface area contributed by atoms with E-state index in [2.05, 4.69) is 6.07 Å². The van der Waals surface area contributed by atoms with Gasteiger partial charge in [0.25, 0.3) is 0 Å². The Morgan fingerprint density at radius 3 is 2.53 bits per heavy atom. The average Bonchev–Trinajstić information content (AvgIpc) is 2.98. The summed E-state index contributed by atoms with van der Waals surface area (Å²) in [5.41, 5.74) is 7.09.